The third-order valence-corrected chi connectivity index (χ3v) is 0.621. The summed E-state index contributed by atoms with van der Waals surface area (Å²) in [5, 5.41) is 7.25. The molecule has 0 saturated carbocycles. The Bertz CT molecular complexity index is 119. The van der Waals surface area contributed by atoms with E-state index in [9.17, 15) is 4.79 Å². The summed E-state index contributed by atoms with van der Waals surface area (Å²) >= 11 is 0. The zero-order valence-electron chi connectivity index (χ0n) is 3.53. The van der Waals surface area contributed by atoms with Crippen LogP contribution in [0.4, 0.5) is 0 Å². The second-order valence-electron chi connectivity index (χ2n) is 1.13. The molecule has 0 unspecified atom stereocenters. The average molecular weight is 100 g/mol. The number of carbonyl (C=O) groups is 1. The topological polar surface area (TPSA) is 71.0 Å². The second kappa shape index (κ2) is 1.27. The molecular formula is C2H4N4O. The van der Waals surface area contributed by atoms with E-state index in [1.54, 1.807) is 0 Å². The van der Waals surface area contributed by atoms with Crippen LogP contribution in [0.5, 0.6) is 0 Å². The van der Waals surface area contributed by atoms with Crippen molar-refractivity contribution >= 4 is 5.91 Å². The monoisotopic (exact) mass is 100 g/mol. The Morgan fingerprint density at radius 1 is 1.86 bits per heavy atom. The molecule has 0 saturated heterocycles. The van der Waals surface area contributed by atoms with Gasteiger partial charge in [-0.3, -0.25) is 4.79 Å². The van der Waals surface area contributed by atoms with Crippen molar-refractivity contribution in [3.63, 3.8) is 0 Å². The minimum atomic E-state index is -0.264. The van der Waals surface area contributed by atoms with Crippen LogP contribution in [0.2, 0.25) is 0 Å². The first kappa shape index (κ1) is 4.20. The zero-order chi connectivity index (χ0) is 5.28. The Balaban J connectivity index is 2.62. The van der Waals surface area contributed by atoms with Gasteiger partial charge < -0.3 is 0 Å². The van der Waals surface area contributed by atoms with Crippen molar-refractivity contribution in [2.24, 2.45) is 16.2 Å². The SMILES string of the molecule is NN1N=NCC1=O. The van der Waals surface area contributed by atoms with Gasteiger partial charge in [0.1, 0.15) is 6.54 Å². The van der Waals surface area contributed by atoms with E-state index in [0.717, 1.165) is 5.12 Å². The van der Waals surface area contributed by atoms with Crippen molar-refractivity contribution in [3.05, 3.63) is 0 Å². The van der Waals surface area contributed by atoms with Gasteiger partial charge in [0.05, 0.1) is 0 Å². The lowest BCUT2D eigenvalue weighted by Gasteiger charge is -1.94. The van der Waals surface area contributed by atoms with Crippen LogP contribution in [0.3, 0.4) is 0 Å². The summed E-state index contributed by atoms with van der Waals surface area (Å²) in [6, 6.07) is 0. The molecule has 5 heteroatoms. The molecule has 1 aliphatic rings. The number of hydrogen-bond donors (Lipinski definition) is 1. The summed E-state index contributed by atoms with van der Waals surface area (Å²) in [6.07, 6.45) is 0. The van der Waals surface area contributed by atoms with Gasteiger partial charge in [0.15, 0.2) is 0 Å². The number of rotatable bonds is 0. The van der Waals surface area contributed by atoms with Crippen molar-refractivity contribution in [1.82, 2.24) is 5.12 Å². The predicted octanol–water partition coefficient (Wildman–Crippen LogP) is -0.931. The average Bonchev–Trinajstić information content (AvgIpc) is 1.91. The number of carbonyl (C=O) groups excluding carboxylic acids is 1. The Labute approximate surface area is 39.7 Å². The molecular weight excluding hydrogens is 96.0 g/mol. The van der Waals surface area contributed by atoms with Crippen molar-refractivity contribution < 1.29 is 4.79 Å². The first-order valence-corrected chi connectivity index (χ1v) is 1.76. The van der Waals surface area contributed by atoms with E-state index in [4.69, 9.17) is 5.84 Å². The van der Waals surface area contributed by atoms with Crippen LogP contribution in [0.1, 0.15) is 0 Å². The maximum atomic E-state index is 10.2. The number of amides is 1. The van der Waals surface area contributed by atoms with Crippen molar-refractivity contribution in [1.29, 1.82) is 0 Å². The molecule has 1 aliphatic heterocycles. The highest BCUT2D eigenvalue weighted by molar-refractivity contribution is 5.78. The molecule has 5 nitrogen and oxygen atoms in total. The minimum absolute atomic E-state index is 0.0938. The molecule has 7 heavy (non-hydrogen) atoms. The van der Waals surface area contributed by atoms with Gasteiger partial charge in [-0.1, -0.05) is 5.22 Å². The summed E-state index contributed by atoms with van der Waals surface area (Å²) in [4.78, 5) is 10.2. The van der Waals surface area contributed by atoms with Crippen LogP contribution in [-0.2, 0) is 4.79 Å². The molecule has 0 aliphatic carbocycles. The molecule has 0 radical (unpaired) electrons. The van der Waals surface area contributed by atoms with Gasteiger partial charge in [0.25, 0.3) is 5.91 Å². The number of hydrogen-bond acceptors (Lipinski definition) is 4. The van der Waals surface area contributed by atoms with Gasteiger partial charge in [0, 0.05) is 0 Å². The third-order valence-electron chi connectivity index (χ3n) is 0.621. The highest BCUT2D eigenvalue weighted by atomic mass is 16.2. The molecule has 0 aromatic carbocycles. The molecule has 1 amide bonds. The molecule has 0 aromatic rings. The van der Waals surface area contributed by atoms with Crippen molar-refractivity contribution in [2.75, 3.05) is 6.54 Å². The zero-order valence-corrected chi connectivity index (χ0v) is 3.53. The van der Waals surface area contributed by atoms with E-state index >= 15 is 0 Å². The van der Waals surface area contributed by atoms with Crippen LogP contribution in [0.15, 0.2) is 10.3 Å². The van der Waals surface area contributed by atoms with Gasteiger partial charge in [-0.2, -0.15) is 5.11 Å². The lowest BCUT2D eigenvalue weighted by molar-refractivity contribution is -0.127. The molecule has 0 spiro atoms. The first-order valence-electron chi connectivity index (χ1n) is 1.76. The molecule has 0 bridgehead atoms. The van der Waals surface area contributed by atoms with Gasteiger partial charge in [-0.15, -0.1) is 5.12 Å². The normalized spacial score (nSPS) is 19.0. The summed E-state index contributed by atoms with van der Waals surface area (Å²) in [5.74, 6) is 4.64. The van der Waals surface area contributed by atoms with Gasteiger partial charge in [-0.05, 0) is 0 Å². The van der Waals surface area contributed by atoms with E-state index in [2.05, 4.69) is 10.3 Å². The Kier molecular flexibility index (Phi) is 0.759. The van der Waals surface area contributed by atoms with Gasteiger partial charge >= 0.3 is 0 Å². The van der Waals surface area contributed by atoms with E-state index in [1.165, 1.54) is 0 Å². The van der Waals surface area contributed by atoms with E-state index in [0.29, 0.717) is 0 Å². The smallest absolute Gasteiger partial charge is 0.269 e. The van der Waals surface area contributed by atoms with Crippen LogP contribution in [0, 0.1) is 0 Å². The number of nitrogens with zero attached hydrogens (tertiary/aromatic N) is 3. The summed E-state index contributed by atoms with van der Waals surface area (Å²) in [5.41, 5.74) is 0. The van der Waals surface area contributed by atoms with E-state index < -0.39 is 0 Å². The fraction of sp³-hybridized carbons (Fsp3) is 0.500. The van der Waals surface area contributed by atoms with E-state index in [1.807, 2.05) is 0 Å². The molecule has 0 fully saturated rings. The van der Waals surface area contributed by atoms with E-state index in [-0.39, 0.29) is 12.5 Å². The third kappa shape index (κ3) is 0.566. The lowest BCUT2D eigenvalue weighted by atomic mass is 10.6. The highest BCUT2D eigenvalue weighted by Crippen LogP contribution is 1.92. The predicted molar refractivity (Wildman–Crippen MR) is 20.8 cm³/mol. The van der Waals surface area contributed by atoms with Crippen LogP contribution in [0.25, 0.3) is 0 Å². The lowest BCUT2D eigenvalue weighted by Crippen LogP contribution is -2.29. The number of hydrazine groups is 1. The minimum Gasteiger partial charge on any atom is -0.269 e. The summed E-state index contributed by atoms with van der Waals surface area (Å²) in [7, 11) is 0. The molecule has 38 valence electrons. The number of nitrogens with two attached hydrogens (primary N) is 1. The quantitative estimate of drug-likeness (QED) is 0.315. The summed E-state index contributed by atoms with van der Waals surface area (Å²) < 4.78 is 0. The Morgan fingerprint density at radius 2 is 2.57 bits per heavy atom. The maximum Gasteiger partial charge on any atom is 0.282 e. The molecule has 1 heterocycles. The Morgan fingerprint density at radius 3 is 2.71 bits per heavy atom. The first-order chi connectivity index (χ1) is 3.30. The van der Waals surface area contributed by atoms with Crippen LogP contribution in [-0.4, -0.2) is 17.6 Å². The van der Waals surface area contributed by atoms with Crippen LogP contribution >= 0.6 is 0 Å². The maximum absolute atomic E-state index is 10.2. The van der Waals surface area contributed by atoms with Crippen molar-refractivity contribution in [3.8, 4) is 0 Å². The van der Waals surface area contributed by atoms with Gasteiger partial charge in [-0.25, -0.2) is 5.84 Å². The van der Waals surface area contributed by atoms with Crippen LogP contribution < -0.4 is 5.84 Å². The second-order valence-corrected chi connectivity index (χ2v) is 1.13. The standard InChI is InChI=1S/C2H4N4O/c3-6-2(7)1-4-5-6/h1,3H2. The van der Waals surface area contributed by atoms with Gasteiger partial charge in [0.2, 0.25) is 0 Å². The largest absolute Gasteiger partial charge is 0.282 e. The molecule has 0 aromatic heterocycles. The highest BCUT2D eigenvalue weighted by Gasteiger charge is 2.12. The summed E-state index contributed by atoms with van der Waals surface area (Å²) in [6.45, 7) is 0.0938. The fourth-order valence-corrected chi connectivity index (χ4v) is 0.283. The fourth-order valence-electron chi connectivity index (χ4n) is 0.283. The Hall–Kier alpha value is -0.970. The van der Waals surface area contributed by atoms with Crippen molar-refractivity contribution in [2.45, 2.75) is 0 Å². The molecule has 2 N–H and O–H groups in total. The molecule has 1 rings (SSSR count). The molecule has 0 atom stereocenters.